The van der Waals surface area contributed by atoms with Gasteiger partial charge >= 0.3 is 0 Å². The molecule has 0 bridgehead atoms. The lowest BCUT2D eigenvalue weighted by Gasteiger charge is -2.29. The lowest BCUT2D eigenvalue weighted by Crippen LogP contribution is -2.31. The number of fused-ring (bicyclic) bond motifs is 1. The summed E-state index contributed by atoms with van der Waals surface area (Å²) in [5.74, 6) is 0. The van der Waals surface area contributed by atoms with E-state index in [4.69, 9.17) is 0 Å². The summed E-state index contributed by atoms with van der Waals surface area (Å²) in [5.41, 5.74) is 3.66. The molecule has 0 atom stereocenters. The van der Waals surface area contributed by atoms with Crippen LogP contribution in [-0.2, 0) is 35.8 Å². The number of hydrogen-bond acceptors (Lipinski definition) is 6. The second kappa shape index (κ2) is 7.91. The van der Waals surface area contributed by atoms with Crippen LogP contribution in [-0.4, -0.2) is 35.7 Å². The molecule has 9 heteroatoms. The fourth-order valence-electron chi connectivity index (χ4n) is 3.82. The molecule has 2 aromatic carbocycles. The average Bonchev–Trinajstić information content (AvgIpc) is 3.14. The van der Waals surface area contributed by atoms with Crippen LogP contribution >= 0.6 is 0 Å². The first-order chi connectivity index (χ1) is 14.3. The van der Waals surface area contributed by atoms with Crippen LogP contribution in [0.25, 0.3) is 0 Å². The number of nitro groups is 1. The number of sulfone groups is 1. The fourth-order valence-corrected chi connectivity index (χ4v) is 4.68. The first-order valence-corrected chi connectivity index (χ1v) is 11.5. The number of rotatable bonds is 6. The first kappa shape index (κ1) is 20.1. The topological polar surface area (TPSA) is 98.3 Å². The molecule has 0 radical (unpaired) electrons. The minimum Gasteiger partial charge on any atom is -0.365 e. The Morgan fingerprint density at radius 1 is 1.17 bits per heavy atom. The highest BCUT2D eigenvalue weighted by atomic mass is 32.2. The number of nitro benzene ring substituents is 1. The second-order valence-corrected chi connectivity index (χ2v) is 9.40. The number of benzene rings is 2. The fraction of sp³-hybridized carbons (Fsp3) is 0.286. The van der Waals surface area contributed by atoms with Gasteiger partial charge in [0.15, 0.2) is 9.84 Å². The summed E-state index contributed by atoms with van der Waals surface area (Å²) < 4.78 is 26.3. The molecule has 0 amide bonds. The van der Waals surface area contributed by atoms with Crippen LogP contribution in [0.15, 0.2) is 59.8 Å². The lowest BCUT2D eigenvalue weighted by molar-refractivity contribution is -0.387. The Bertz CT molecular complexity index is 1190. The van der Waals surface area contributed by atoms with Crippen LogP contribution in [0, 0.1) is 10.1 Å². The van der Waals surface area contributed by atoms with E-state index in [2.05, 4.69) is 21.7 Å². The van der Waals surface area contributed by atoms with E-state index in [9.17, 15) is 18.5 Å². The molecule has 0 N–H and O–H groups in total. The summed E-state index contributed by atoms with van der Waals surface area (Å²) in [6, 6.07) is 14.6. The van der Waals surface area contributed by atoms with E-state index >= 15 is 0 Å². The van der Waals surface area contributed by atoms with Crippen molar-refractivity contribution in [3.8, 4) is 0 Å². The van der Waals surface area contributed by atoms with Crippen molar-refractivity contribution in [2.75, 3.05) is 17.7 Å². The van der Waals surface area contributed by atoms with Gasteiger partial charge in [-0.25, -0.2) is 13.4 Å². The Labute approximate surface area is 174 Å². The molecule has 3 aromatic rings. The Balaban J connectivity index is 1.54. The standard InChI is InChI=1S/C21H22N4O4S/c1-30(28,29)21-13-17(7-8-20(21)25(26)27)23-12-10-19-18(14-23)22-15-24(19)11-9-16-5-3-2-4-6-16/h2-8,13,15H,9-12,14H2,1H3. The predicted molar refractivity (Wildman–Crippen MR) is 113 cm³/mol. The van der Waals surface area contributed by atoms with Crippen molar-refractivity contribution in [1.29, 1.82) is 0 Å². The number of hydrogen-bond donors (Lipinski definition) is 0. The van der Waals surface area contributed by atoms with Crippen LogP contribution in [0.4, 0.5) is 11.4 Å². The van der Waals surface area contributed by atoms with Crippen molar-refractivity contribution in [2.24, 2.45) is 0 Å². The maximum atomic E-state index is 12.0. The number of imidazole rings is 1. The van der Waals surface area contributed by atoms with E-state index < -0.39 is 20.4 Å². The minimum atomic E-state index is -3.72. The molecule has 8 nitrogen and oxygen atoms in total. The zero-order chi connectivity index (χ0) is 21.3. The molecule has 1 aliphatic rings. The van der Waals surface area contributed by atoms with Crippen molar-refractivity contribution in [3.05, 3.63) is 81.9 Å². The van der Waals surface area contributed by atoms with E-state index in [1.54, 1.807) is 6.07 Å². The molecular weight excluding hydrogens is 404 g/mol. The van der Waals surface area contributed by atoms with Crippen LogP contribution in [0.1, 0.15) is 17.0 Å². The van der Waals surface area contributed by atoms with E-state index in [-0.39, 0.29) is 4.90 Å². The number of nitrogens with zero attached hydrogens (tertiary/aromatic N) is 4. The van der Waals surface area contributed by atoms with Gasteiger partial charge in [0.2, 0.25) is 0 Å². The highest BCUT2D eigenvalue weighted by Gasteiger charge is 2.26. The SMILES string of the molecule is CS(=O)(=O)c1cc(N2CCc3c(ncn3CCc3ccccc3)C2)ccc1[N+](=O)[O-]. The van der Waals surface area contributed by atoms with Crippen LogP contribution in [0.5, 0.6) is 0 Å². The van der Waals surface area contributed by atoms with Gasteiger partial charge in [0.25, 0.3) is 5.69 Å². The van der Waals surface area contributed by atoms with Crippen molar-refractivity contribution in [3.63, 3.8) is 0 Å². The normalized spacial score (nSPS) is 13.8. The predicted octanol–water partition coefficient (Wildman–Crippen LogP) is 3.00. The summed E-state index contributed by atoms with van der Waals surface area (Å²) >= 11 is 0. The summed E-state index contributed by atoms with van der Waals surface area (Å²) in [7, 11) is -3.72. The highest BCUT2D eigenvalue weighted by Crippen LogP contribution is 2.31. The van der Waals surface area contributed by atoms with Gasteiger partial charge in [-0.3, -0.25) is 10.1 Å². The third-order valence-corrected chi connectivity index (χ3v) is 6.51. The smallest absolute Gasteiger partial charge is 0.288 e. The quantitative estimate of drug-likeness (QED) is 0.444. The maximum absolute atomic E-state index is 12.0. The summed E-state index contributed by atoms with van der Waals surface area (Å²) in [4.78, 5) is 16.8. The first-order valence-electron chi connectivity index (χ1n) is 9.63. The monoisotopic (exact) mass is 426 g/mol. The zero-order valence-corrected chi connectivity index (χ0v) is 17.4. The van der Waals surface area contributed by atoms with Crippen LogP contribution < -0.4 is 4.90 Å². The summed E-state index contributed by atoms with van der Waals surface area (Å²) in [5, 5.41) is 11.2. The van der Waals surface area contributed by atoms with Gasteiger partial charge in [-0.15, -0.1) is 0 Å². The van der Waals surface area contributed by atoms with E-state index in [1.807, 2.05) is 29.4 Å². The number of anilines is 1. The molecule has 0 fully saturated rings. The Kier molecular flexibility index (Phi) is 5.29. The molecule has 0 saturated carbocycles. The molecule has 156 valence electrons. The minimum absolute atomic E-state index is 0.260. The largest absolute Gasteiger partial charge is 0.365 e. The lowest BCUT2D eigenvalue weighted by atomic mass is 10.1. The molecule has 0 unspecified atom stereocenters. The third kappa shape index (κ3) is 4.06. The molecule has 1 aliphatic heterocycles. The van der Waals surface area contributed by atoms with E-state index in [0.29, 0.717) is 18.8 Å². The Morgan fingerprint density at radius 2 is 1.93 bits per heavy atom. The summed E-state index contributed by atoms with van der Waals surface area (Å²) in [6.45, 7) is 2.07. The van der Waals surface area contributed by atoms with Gasteiger partial charge in [0, 0.05) is 43.2 Å². The Morgan fingerprint density at radius 3 is 2.63 bits per heavy atom. The highest BCUT2D eigenvalue weighted by molar-refractivity contribution is 7.90. The van der Waals surface area contributed by atoms with Gasteiger partial charge in [-0.2, -0.15) is 0 Å². The van der Waals surface area contributed by atoms with E-state index in [1.165, 1.54) is 23.4 Å². The van der Waals surface area contributed by atoms with Crippen molar-refractivity contribution >= 4 is 21.2 Å². The van der Waals surface area contributed by atoms with Gasteiger partial charge in [0.05, 0.1) is 23.5 Å². The summed E-state index contributed by atoms with van der Waals surface area (Å²) in [6.07, 6.45) is 4.54. The maximum Gasteiger partial charge on any atom is 0.288 e. The molecule has 30 heavy (non-hydrogen) atoms. The van der Waals surface area contributed by atoms with Gasteiger partial charge in [-0.05, 0) is 24.1 Å². The van der Waals surface area contributed by atoms with Crippen molar-refractivity contribution in [1.82, 2.24) is 9.55 Å². The molecule has 0 spiro atoms. The van der Waals surface area contributed by atoms with Crippen molar-refractivity contribution < 1.29 is 13.3 Å². The van der Waals surface area contributed by atoms with Crippen LogP contribution in [0.3, 0.4) is 0 Å². The third-order valence-electron chi connectivity index (χ3n) is 5.38. The Hall–Kier alpha value is -3.20. The molecule has 0 saturated heterocycles. The van der Waals surface area contributed by atoms with Gasteiger partial charge in [-0.1, -0.05) is 30.3 Å². The molecule has 0 aliphatic carbocycles. The van der Waals surface area contributed by atoms with Gasteiger partial charge < -0.3 is 9.47 Å². The number of aryl methyl sites for hydroxylation is 2. The molecule has 1 aromatic heterocycles. The van der Waals surface area contributed by atoms with Gasteiger partial charge in [0.1, 0.15) is 4.90 Å². The second-order valence-electron chi connectivity index (χ2n) is 7.42. The number of aromatic nitrogens is 2. The van der Waals surface area contributed by atoms with E-state index in [0.717, 1.165) is 31.3 Å². The zero-order valence-electron chi connectivity index (χ0n) is 16.6. The molecular formula is C21H22N4O4S. The molecule has 2 heterocycles. The van der Waals surface area contributed by atoms with Crippen molar-refractivity contribution in [2.45, 2.75) is 30.8 Å². The average molecular weight is 426 g/mol. The van der Waals surface area contributed by atoms with Crippen LogP contribution in [0.2, 0.25) is 0 Å². The molecule has 4 rings (SSSR count).